The zero-order valence-electron chi connectivity index (χ0n) is 16.2. The molecule has 0 saturated carbocycles. The van der Waals surface area contributed by atoms with Crippen LogP contribution in [0.3, 0.4) is 0 Å². The van der Waals surface area contributed by atoms with Gasteiger partial charge in [-0.15, -0.1) is 0 Å². The van der Waals surface area contributed by atoms with Crippen molar-refractivity contribution in [2.24, 2.45) is 0 Å². The van der Waals surface area contributed by atoms with Gasteiger partial charge < -0.3 is 24.8 Å². The van der Waals surface area contributed by atoms with Gasteiger partial charge in [0, 0.05) is 5.69 Å². The Hall–Kier alpha value is -3.55. The van der Waals surface area contributed by atoms with Crippen molar-refractivity contribution in [1.82, 2.24) is 5.32 Å². The van der Waals surface area contributed by atoms with Crippen LogP contribution in [0, 0.1) is 13.8 Å². The first-order chi connectivity index (χ1) is 13.9. The molecule has 1 aliphatic rings. The van der Waals surface area contributed by atoms with Gasteiger partial charge in [-0.05, 0) is 37.1 Å². The zero-order chi connectivity index (χ0) is 20.8. The Morgan fingerprint density at radius 2 is 1.69 bits per heavy atom. The molecule has 8 nitrogen and oxygen atoms in total. The van der Waals surface area contributed by atoms with Crippen LogP contribution in [0.4, 0.5) is 5.69 Å². The minimum Gasteiger partial charge on any atom is -0.485 e. The topological polar surface area (TPSA) is 103 Å². The van der Waals surface area contributed by atoms with Crippen molar-refractivity contribution < 1.29 is 28.6 Å². The molecule has 2 amide bonds. The first kappa shape index (κ1) is 20.2. The van der Waals surface area contributed by atoms with E-state index in [0.717, 1.165) is 11.1 Å². The second-order valence-corrected chi connectivity index (χ2v) is 6.56. The molecule has 3 rings (SSSR count). The fraction of sp³-hybridized carbons (Fsp3) is 0.286. The molecule has 0 unspecified atom stereocenters. The minimum absolute atomic E-state index is 0.00432. The van der Waals surface area contributed by atoms with Crippen molar-refractivity contribution in [3.8, 4) is 11.5 Å². The number of anilines is 1. The summed E-state index contributed by atoms with van der Waals surface area (Å²) in [6, 6.07) is 12.6. The van der Waals surface area contributed by atoms with Gasteiger partial charge in [0.2, 0.25) is 12.0 Å². The summed E-state index contributed by atoms with van der Waals surface area (Å²) in [5.41, 5.74) is 2.57. The lowest BCUT2D eigenvalue weighted by atomic mass is 10.1. The molecule has 0 fully saturated rings. The fourth-order valence-corrected chi connectivity index (χ4v) is 2.79. The molecule has 0 radical (unpaired) electrons. The second-order valence-electron chi connectivity index (χ2n) is 6.56. The molecule has 0 aliphatic carbocycles. The molecule has 8 heteroatoms. The number of fused-ring (bicyclic) bond motifs is 1. The van der Waals surface area contributed by atoms with Gasteiger partial charge >= 0.3 is 5.97 Å². The van der Waals surface area contributed by atoms with Crippen molar-refractivity contribution in [2.45, 2.75) is 20.0 Å². The summed E-state index contributed by atoms with van der Waals surface area (Å²) < 4.78 is 15.9. The van der Waals surface area contributed by atoms with Crippen LogP contribution < -0.4 is 20.1 Å². The Labute approximate surface area is 168 Å². The largest absolute Gasteiger partial charge is 0.485 e. The van der Waals surface area contributed by atoms with E-state index in [2.05, 4.69) is 10.6 Å². The lowest BCUT2D eigenvalue weighted by Gasteiger charge is -2.24. The van der Waals surface area contributed by atoms with E-state index in [1.165, 1.54) is 0 Å². The number of esters is 1. The number of rotatable bonds is 6. The maximum Gasteiger partial charge on any atom is 0.351 e. The SMILES string of the molecule is Cc1cccc(C)c1NC(=O)CNC(=O)COC(=O)[C@H]1COc2ccccc2O1. The number of nitrogens with one attached hydrogen (secondary N) is 2. The van der Waals surface area contributed by atoms with E-state index in [1.807, 2.05) is 32.0 Å². The third-order valence-electron chi connectivity index (χ3n) is 4.31. The Kier molecular flexibility index (Phi) is 6.33. The van der Waals surface area contributed by atoms with Gasteiger partial charge in [0.15, 0.2) is 18.1 Å². The van der Waals surface area contributed by atoms with Crippen LogP contribution in [0.1, 0.15) is 11.1 Å². The highest BCUT2D eigenvalue weighted by atomic mass is 16.6. The van der Waals surface area contributed by atoms with Crippen LogP contribution in [0.25, 0.3) is 0 Å². The maximum absolute atomic E-state index is 12.1. The Morgan fingerprint density at radius 1 is 1.00 bits per heavy atom. The van der Waals surface area contributed by atoms with E-state index in [1.54, 1.807) is 24.3 Å². The van der Waals surface area contributed by atoms with Gasteiger partial charge in [-0.3, -0.25) is 9.59 Å². The lowest BCUT2D eigenvalue weighted by Crippen LogP contribution is -2.40. The predicted molar refractivity (Wildman–Crippen MR) is 105 cm³/mol. The molecular weight excluding hydrogens is 376 g/mol. The summed E-state index contributed by atoms with van der Waals surface area (Å²) in [5.74, 6) is -0.693. The van der Waals surface area contributed by atoms with Crippen molar-refractivity contribution in [1.29, 1.82) is 0 Å². The molecular formula is C21H22N2O6. The lowest BCUT2D eigenvalue weighted by molar-refractivity contribution is -0.157. The maximum atomic E-state index is 12.1. The summed E-state index contributed by atoms with van der Waals surface area (Å²) >= 11 is 0. The van der Waals surface area contributed by atoms with Crippen LogP contribution in [0.2, 0.25) is 0 Å². The molecule has 1 heterocycles. The van der Waals surface area contributed by atoms with Crippen molar-refractivity contribution >= 4 is 23.5 Å². The molecule has 2 aromatic carbocycles. The van der Waals surface area contributed by atoms with Crippen LogP contribution in [-0.2, 0) is 19.1 Å². The second kappa shape index (κ2) is 9.09. The van der Waals surface area contributed by atoms with Crippen molar-refractivity contribution in [3.63, 3.8) is 0 Å². The van der Waals surface area contributed by atoms with Crippen molar-refractivity contribution in [3.05, 3.63) is 53.6 Å². The number of hydrogen-bond acceptors (Lipinski definition) is 6. The number of para-hydroxylation sites is 3. The van der Waals surface area contributed by atoms with E-state index in [0.29, 0.717) is 17.2 Å². The highest BCUT2D eigenvalue weighted by molar-refractivity contribution is 5.96. The van der Waals surface area contributed by atoms with Crippen LogP contribution in [0.15, 0.2) is 42.5 Å². The van der Waals surface area contributed by atoms with Gasteiger partial charge in [0.25, 0.3) is 5.91 Å². The van der Waals surface area contributed by atoms with Crippen LogP contribution in [-0.4, -0.2) is 43.6 Å². The quantitative estimate of drug-likeness (QED) is 0.719. The molecule has 0 bridgehead atoms. The van der Waals surface area contributed by atoms with E-state index in [4.69, 9.17) is 14.2 Å². The number of benzene rings is 2. The zero-order valence-corrected chi connectivity index (χ0v) is 16.2. The molecule has 2 aromatic rings. The summed E-state index contributed by atoms with van der Waals surface area (Å²) in [6.45, 7) is 3.01. The molecule has 152 valence electrons. The first-order valence-corrected chi connectivity index (χ1v) is 9.12. The van der Waals surface area contributed by atoms with Gasteiger partial charge in [0.05, 0.1) is 6.54 Å². The summed E-state index contributed by atoms with van der Waals surface area (Å²) in [7, 11) is 0. The number of carbonyl (C=O) groups excluding carboxylic acids is 3. The summed E-state index contributed by atoms with van der Waals surface area (Å²) in [6.07, 6.45) is -0.954. The Bertz CT molecular complexity index is 907. The first-order valence-electron chi connectivity index (χ1n) is 9.12. The number of ether oxygens (including phenoxy) is 3. The average molecular weight is 398 g/mol. The highest BCUT2D eigenvalue weighted by Gasteiger charge is 2.29. The monoisotopic (exact) mass is 398 g/mol. The van der Waals surface area contributed by atoms with E-state index in [9.17, 15) is 14.4 Å². The number of amides is 2. The summed E-state index contributed by atoms with van der Waals surface area (Å²) in [5, 5.41) is 5.18. The number of hydrogen-bond donors (Lipinski definition) is 2. The normalized spacial score (nSPS) is 14.6. The molecule has 0 spiro atoms. The Morgan fingerprint density at radius 3 is 2.41 bits per heavy atom. The van der Waals surface area contributed by atoms with Crippen LogP contribution in [0.5, 0.6) is 11.5 Å². The van der Waals surface area contributed by atoms with E-state index < -0.39 is 24.6 Å². The molecule has 0 aromatic heterocycles. The smallest absolute Gasteiger partial charge is 0.351 e. The standard InChI is InChI=1S/C21H22N2O6/c1-13-6-5-7-14(2)20(13)23-18(24)10-22-19(25)12-28-21(26)17-11-27-15-8-3-4-9-16(15)29-17/h3-9,17H,10-12H2,1-2H3,(H,22,25)(H,23,24)/t17-/m1/s1. The molecule has 1 aliphatic heterocycles. The highest BCUT2D eigenvalue weighted by Crippen LogP contribution is 2.31. The van der Waals surface area contributed by atoms with E-state index in [-0.39, 0.29) is 19.1 Å². The summed E-state index contributed by atoms with van der Waals surface area (Å²) in [4.78, 5) is 36.0. The molecule has 1 atom stereocenters. The number of aryl methyl sites for hydroxylation is 2. The number of carbonyl (C=O) groups is 3. The van der Waals surface area contributed by atoms with Gasteiger partial charge in [-0.1, -0.05) is 30.3 Å². The van der Waals surface area contributed by atoms with Crippen molar-refractivity contribution in [2.75, 3.05) is 25.1 Å². The van der Waals surface area contributed by atoms with Gasteiger partial charge in [0.1, 0.15) is 6.61 Å². The van der Waals surface area contributed by atoms with E-state index >= 15 is 0 Å². The fourth-order valence-electron chi connectivity index (χ4n) is 2.79. The van der Waals surface area contributed by atoms with Gasteiger partial charge in [-0.25, -0.2) is 4.79 Å². The third kappa shape index (κ3) is 5.25. The third-order valence-corrected chi connectivity index (χ3v) is 4.31. The minimum atomic E-state index is -0.954. The predicted octanol–water partition coefficient (Wildman–Crippen LogP) is 1.74. The molecule has 29 heavy (non-hydrogen) atoms. The molecule has 2 N–H and O–H groups in total. The van der Waals surface area contributed by atoms with Crippen LogP contribution >= 0.6 is 0 Å². The molecule has 0 saturated heterocycles. The average Bonchev–Trinajstić information content (AvgIpc) is 2.72. The Balaban J connectivity index is 1.41. The van der Waals surface area contributed by atoms with Gasteiger partial charge in [-0.2, -0.15) is 0 Å².